The summed E-state index contributed by atoms with van der Waals surface area (Å²) < 4.78 is 39.8. The van der Waals surface area contributed by atoms with Crippen molar-refractivity contribution < 1.29 is 18.0 Å². The third kappa shape index (κ3) is 4.50. The first kappa shape index (κ1) is 20.8. The van der Waals surface area contributed by atoms with E-state index in [9.17, 15) is 18.0 Å². The van der Waals surface area contributed by atoms with Crippen LogP contribution in [0.5, 0.6) is 0 Å². The fourth-order valence-corrected chi connectivity index (χ4v) is 3.74. The Morgan fingerprint density at radius 3 is 2.58 bits per heavy atom. The van der Waals surface area contributed by atoms with Crippen molar-refractivity contribution in [1.29, 1.82) is 0 Å². The monoisotopic (exact) mass is 446 g/mol. The van der Waals surface area contributed by atoms with Crippen molar-refractivity contribution in [3.05, 3.63) is 65.2 Å². The number of halogens is 3. The molecule has 3 heterocycles. The number of alkyl halides is 3. The standard InChI is InChI=1S/C20H17F3N6OS/c1-11(27-18(30)15-7-14-16(8-24-15)29(2)10-26-14)17-9-25-19(31-17)28-13-5-3-12(4-6-13)20(21,22)23/h3-11H,1-2H3,(H,25,28)(H,27,30). The van der Waals surface area contributed by atoms with Crippen molar-refractivity contribution in [2.75, 3.05) is 5.32 Å². The van der Waals surface area contributed by atoms with Crippen LogP contribution in [0.25, 0.3) is 11.0 Å². The summed E-state index contributed by atoms with van der Waals surface area (Å²) in [6.07, 6.45) is 0.480. The van der Waals surface area contributed by atoms with E-state index in [0.717, 1.165) is 22.5 Å². The van der Waals surface area contributed by atoms with Crippen LogP contribution in [-0.2, 0) is 13.2 Å². The molecule has 4 aromatic rings. The highest BCUT2D eigenvalue weighted by molar-refractivity contribution is 7.15. The topological polar surface area (TPSA) is 84.7 Å². The first-order valence-electron chi connectivity index (χ1n) is 9.18. The van der Waals surface area contributed by atoms with Gasteiger partial charge in [-0.25, -0.2) is 15.0 Å². The molecule has 1 amide bonds. The molecular weight excluding hydrogens is 429 g/mol. The zero-order valence-electron chi connectivity index (χ0n) is 16.4. The minimum absolute atomic E-state index is 0.255. The quantitative estimate of drug-likeness (QED) is 0.465. The van der Waals surface area contributed by atoms with Gasteiger partial charge in [0.05, 0.1) is 35.2 Å². The summed E-state index contributed by atoms with van der Waals surface area (Å²) in [7, 11) is 1.85. The smallest absolute Gasteiger partial charge is 0.343 e. The average molecular weight is 446 g/mol. The molecule has 7 nitrogen and oxygen atoms in total. The second-order valence-corrected chi connectivity index (χ2v) is 7.94. The Morgan fingerprint density at radius 2 is 1.87 bits per heavy atom. The lowest BCUT2D eigenvalue weighted by Crippen LogP contribution is -2.26. The first-order valence-corrected chi connectivity index (χ1v) is 10.0. The number of hydrogen-bond donors (Lipinski definition) is 2. The van der Waals surface area contributed by atoms with Crippen LogP contribution in [0, 0.1) is 0 Å². The van der Waals surface area contributed by atoms with Gasteiger partial charge in [0.1, 0.15) is 5.69 Å². The molecule has 11 heteroatoms. The van der Waals surface area contributed by atoms with E-state index in [1.807, 2.05) is 18.5 Å². The number of amides is 1. The number of nitrogens with zero attached hydrogens (tertiary/aromatic N) is 4. The SMILES string of the molecule is CC(NC(=O)c1cc2ncn(C)c2cn1)c1cnc(Nc2ccc(C(F)(F)F)cc2)s1. The van der Waals surface area contributed by atoms with Crippen LogP contribution in [0.2, 0.25) is 0 Å². The second kappa shape index (κ2) is 7.99. The van der Waals surface area contributed by atoms with Gasteiger partial charge in [0.25, 0.3) is 5.91 Å². The van der Waals surface area contributed by atoms with E-state index >= 15 is 0 Å². The number of aromatic nitrogens is 4. The molecule has 0 aliphatic rings. The zero-order chi connectivity index (χ0) is 22.2. The molecule has 0 aliphatic carbocycles. The molecule has 160 valence electrons. The van der Waals surface area contributed by atoms with Crippen LogP contribution in [0.1, 0.15) is 33.9 Å². The Hall–Kier alpha value is -3.47. The molecule has 0 saturated heterocycles. The minimum Gasteiger partial charge on any atom is -0.343 e. The lowest BCUT2D eigenvalue weighted by atomic mass is 10.2. The Morgan fingerprint density at radius 1 is 1.13 bits per heavy atom. The Kier molecular flexibility index (Phi) is 5.36. The maximum absolute atomic E-state index is 12.7. The number of hydrogen-bond acceptors (Lipinski definition) is 6. The molecule has 3 aromatic heterocycles. The summed E-state index contributed by atoms with van der Waals surface area (Å²) in [5.74, 6) is -0.342. The van der Waals surface area contributed by atoms with Crippen molar-refractivity contribution in [3.63, 3.8) is 0 Å². The number of aryl methyl sites for hydroxylation is 1. The van der Waals surface area contributed by atoms with Gasteiger partial charge in [-0.3, -0.25) is 4.79 Å². The Labute approximate surface area is 179 Å². The van der Waals surface area contributed by atoms with E-state index in [1.165, 1.54) is 23.5 Å². The van der Waals surface area contributed by atoms with Crippen LogP contribution >= 0.6 is 11.3 Å². The van der Waals surface area contributed by atoms with Crippen LogP contribution in [0.15, 0.2) is 49.1 Å². The van der Waals surface area contributed by atoms with Gasteiger partial charge in [0.15, 0.2) is 5.13 Å². The van der Waals surface area contributed by atoms with Crippen molar-refractivity contribution in [1.82, 2.24) is 24.8 Å². The molecule has 0 radical (unpaired) electrons. The van der Waals surface area contributed by atoms with Crippen molar-refractivity contribution in [2.24, 2.45) is 7.05 Å². The number of nitrogens with one attached hydrogen (secondary N) is 2. The summed E-state index contributed by atoms with van der Waals surface area (Å²) in [6, 6.07) is 5.98. The number of pyridine rings is 1. The fraction of sp³-hybridized carbons (Fsp3) is 0.200. The molecule has 0 aliphatic heterocycles. The summed E-state index contributed by atoms with van der Waals surface area (Å²) >= 11 is 1.29. The highest BCUT2D eigenvalue weighted by atomic mass is 32.1. The van der Waals surface area contributed by atoms with Crippen molar-refractivity contribution in [2.45, 2.75) is 19.1 Å². The van der Waals surface area contributed by atoms with Gasteiger partial charge in [-0.1, -0.05) is 11.3 Å². The zero-order valence-corrected chi connectivity index (χ0v) is 17.3. The summed E-state index contributed by atoms with van der Waals surface area (Å²) in [5.41, 5.74) is 1.53. The van der Waals surface area contributed by atoms with E-state index in [-0.39, 0.29) is 17.6 Å². The van der Waals surface area contributed by atoms with E-state index in [2.05, 4.69) is 25.6 Å². The molecule has 0 spiro atoms. The fourth-order valence-electron chi connectivity index (χ4n) is 2.90. The molecule has 31 heavy (non-hydrogen) atoms. The van der Waals surface area contributed by atoms with Crippen LogP contribution < -0.4 is 10.6 Å². The van der Waals surface area contributed by atoms with Gasteiger partial charge in [-0.2, -0.15) is 13.2 Å². The van der Waals surface area contributed by atoms with Crippen LogP contribution in [-0.4, -0.2) is 25.4 Å². The molecule has 2 N–H and O–H groups in total. The highest BCUT2D eigenvalue weighted by Crippen LogP contribution is 2.31. The summed E-state index contributed by atoms with van der Waals surface area (Å²) in [5, 5.41) is 6.34. The molecule has 0 fully saturated rings. The summed E-state index contributed by atoms with van der Waals surface area (Å²) in [4.78, 5) is 26.0. The number of thiazole rings is 1. The van der Waals surface area contributed by atoms with Crippen LogP contribution in [0.4, 0.5) is 24.0 Å². The lowest BCUT2D eigenvalue weighted by Gasteiger charge is -2.11. The number of imidazole rings is 1. The van der Waals surface area contributed by atoms with E-state index in [1.54, 1.807) is 24.8 Å². The third-order valence-corrected chi connectivity index (χ3v) is 5.70. The largest absolute Gasteiger partial charge is 0.416 e. The van der Waals surface area contributed by atoms with E-state index in [4.69, 9.17) is 0 Å². The second-order valence-electron chi connectivity index (χ2n) is 6.88. The van der Waals surface area contributed by atoms with Crippen molar-refractivity contribution in [3.8, 4) is 0 Å². The number of anilines is 2. The molecule has 0 saturated carbocycles. The molecule has 1 aromatic carbocycles. The lowest BCUT2D eigenvalue weighted by molar-refractivity contribution is -0.137. The van der Waals surface area contributed by atoms with Gasteiger partial charge < -0.3 is 15.2 Å². The predicted octanol–water partition coefficient (Wildman–Crippen LogP) is 4.68. The minimum atomic E-state index is -4.38. The van der Waals surface area contributed by atoms with E-state index in [0.29, 0.717) is 16.3 Å². The highest BCUT2D eigenvalue weighted by Gasteiger charge is 2.30. The first-order chi connectivity index (χ1) is 14.7. The van der Waals surface area contributed by atoms with Gasteiger partial charge in [0.2, 0.25) is 0 Å². The van der Waals surface area contributed by atoms with E-state index < -0.39 is 11.7 Å². The molecule has 1 atom stereocenters. The Balaban J connectivity index is 1.41. The van der Waals surface area contributed by atoms with Gasteiger partial charge >= 0.3 is 6.18 Å². The number of carbonyl (C=O) groups excluding carboxylic acids is 1. The number of carbonyl (C=O) groups is 1. The maximum atomic E-state index is 12.7. The number of rotatable bonds is 5. The summed E-state index contributed by atoms with van der Waals surface area (Å²) in [6.45, 7) is 1.81. The van der Waals surface area contributed by atoms with Crippen LogP contribution in [0.3, 0.4) is 0 Å². The normalized spacial score (nSPS) is 12.7. The number of fused-ring (bicyclic) bond motifs is 1. The molecule has 4 rings (SSSR count). The van der Waals surface area contributed by atoms with Crippen molar-refractivity contribution >= 4 is 39.1 Å². The predicted molar refractivity (Wildman–Crippen MR) is 111 cm³/mol. The number of benzene rings is 1. The maximum Gasteiger partial charge on any atom is 0.416 e. The molecule has 0 bridgehead atoms. The van der Waals surface area contributed by atoms with Gasteiger partial charge in [-0.15, -0.1) is 0 Å². The van der Waals surface area contributed by atoms with Gasteiger partial charge in [0, 0.05) is 23.8 Å². The molecule has 1 unspecified atom stereocenters. The average Bonchev–Trinajstić information content (AvgIpc) is 3.34. The molecular formula is C20H17F3N6OS. The third-order valence-electron chi connectivity index (χ3n) is 4.61. The Bertz CT molecular complexity index is 1230. The van der Waals surface area contributed by atoms with Gasteiger partial charge in [-0.05, 0) is 37.3 Å².